The largest absolute Gasteiger partial charge is 0.320 e. The summed E-state index contributed by atoms with van der Waals surface area (Å²) >= 11 is 1.73. The van der Waals surface area contributed by atoms with E-state index < -0.39 is 0 Å². The second-order valence-corrected chi connectivity index (χ2v) is 3.11. The van der Waals surface area contributed by atoms with Gasteiger partial charge in [0.05, 0.1) is 6.54 Å². The summed E-state index contributed by atoms with van der Waals surface area (Å²) in [7, 11) is 0. The smallest absolute Gasteiger partial charge is 0.0555 e. The molecule has 0 saturated carbocycles. The molecule has 0 heterocycles. The van der Waals surface area contributed by atoms with E-state index in [1.54, 1.807) is 11.8 Å². The quantitative estimate of drug-likeness (QED) is 0.522. The zero-order valence-corrected chi connectivity index (χ0v) is 7.82. The van der Waals surface area contributed by atoms with Gasteiger partial charge in [0.15, 0.2) is 0 Å². The fraction of sp³-hybridized carbons (Fsp3) is 0.200. The van der Waals surface area contributed by atoms with Gasteiger partial charge in [-0.05, 0) is 30.5 Å². The lowest BCUT2D eigenvalue weighted by atomic mass is 10.2. The van der Waals surface area contributed by atoms with Crippen molar-refractivity contribution in [3.8, 4) is 11.8 Å². The van der Waals surface area contributed by atoms with Crippen LogP contribution in [0.2, 0.25) is 0 Å². The van der Waals surface area contributed by atoms with Crippen LogP contribution in [0.15, 0.2) is 29.2 Å². The van der Waals surface area contributed by atoms with Gasteiger partial charge in [0.2, 0.25) is 0 Å². The van der Waals surface area contributed by atoms with Crippen LogP contribution in [0.1, 0.15) is 5.56 Å². The van der Waals surface area contributed by atoms with Gasteiger partial charge in [-0.15, -0.1) is 11.8 Å². The molecule has 0 aliphatic rings. The van der Waals surface area contributed by atoms with E-state index in [2.05, 4.69) is 30.2 Å². The number of nitrogens with two attached hydrogens (primary N) is 1. The summed E-state index contributed by atoms with van der Waals surface area (Å²) in [6, 6.07) is 8.14. The Balaban J connectivity index is 2.78. The molecule has 0 aromatic heterocycles. The Morgan fingerprint density at radius 1 is 1.33 bits per heavy atom. The molecule has 0 spiro atoms. The Bertz CT molecular complexity index is 292. The second-order valence-electron chi connectivity index (χ2n) is 2.23. The predicted molar refractivity (Wildman–Crippen MR) is 54.2 cm³/mol. The van der Waals surface area contributed by atoms with Gasteiger partial charge in [-0.25, -0.2) is 0 Å². The highest BCUT2D eigenvalue weighted by Gasteiger charge is 1.88. The third-order valence-corrected chi connectivity index (χ3v) is 2.17. The zero-order valence-electron chi connectivity index (χ0n) is 7.00. The van der Waals surface area contributed by atoms with Crippen molar-refractivity contribution < 1.29 is 0 Å². The van der Waals surface area contributed by atoms with Crippen LogP contribution in [0.25, 0.3) is 0 Å². The van der Waals surface area contributed by atoms with E-state index in [1.165, 1.54) is 4.90 Å². The lowest BCUT2D eigenvalue weighted by Crippen LogP contribution is -1.92. The molecule has 0 fully saturated rings. The molecule has 0 atom stereocenters. The average molecular weight is 177 g/mol. The Hall–Kier alpha value is -0.910. The number of hydrogen-bond acceptors (Lipinski definition) is 2. The van der Waals surface area contributed by atoms with Crippen molar-refractivity contribution in [2.45, 2.75) is 4.90 Å². The summed E-state index contributed by atoms with van der Waals surface area (Å²) in [6.07, 6.45) is 2.06. The Morgan fingerprint density at radius 2 is 2.00 bits per heavy atom. The molecule has 0 amide bonds. The van der Waals surface area contributed by atoms with Gasteiger partial charge in [-0.2, -0.15) is 0 Å². The van der Waals surface area contributed by atoms with E-state index in [0.29, 0.717) is 6.54 Å². The molecule has 2 heteroatoms. The summed E-state index contributed by atoms with van der Waals surface area (Å²) in [5.74, 6) is 5.78. The van der Waals surface area contributed by atoms with E-state index in [0.717, 1.165) is 5.56 Å². The molecule has 2 N–H and O–H groups in total. The molecular formula is C10H11NS. The van der Waals surface area contributed by atoms with E-state index >= 15 is 0 Å². The first-order valence-corrected chi connectivity index (χ1v) is 4.92. The van der Waals surface area contributed by atoms with Gasteiger partial charge in [-0.3, -0.25) is 0 Å². The molecule has 62 valence electrons. The van der Waals surface area contributed by atoms with Crippen LogP contribution in [0.5, 0.6) is 0 Å². The van der Waals surface area contributed by atoms with Crippen LogP contribution in [-0.4, -0.2) is 12.8 Å². The number of thioether (sulfide) groups is 1. The van der Waals surface area contributed by atoms with Gasteiger partial charge in [0.1, 0.15) is 0 Å². The maximum Gasteiger partial charge on any atom is 0.0555 e. The first-order valence-electron chi connectivity index (χ1n) is 3.70. The molecule has 1 aromatic carbocycles. The maximum atomic E-state index is 5.25. The molecule has 0 unspecified atom stereocenters. The third kappa shape index (κ3) is 2.61. The highest BCUT2D eigenvalue weighted by Crippen LogP contribution is 2.13. The monoisotopic (exact) mass is 177 g/mol. The Kier molecular flexibility index (Phi) is 3.72. The summed E-state index contributed by atoms with van der Waals surface area (Å²) in [6.45, 7) is 0.421. The van der Waals surface area contributed by atoms with E-state index in [-0.39, 0.29) is 0 Å². The van der Waals surface area contributed by atoms with Gasteiger partial charge in [0, 0.05) is 10.5 Å². The van der Waals surface area contributed by atoms with Gasteiger partial charge in [0.25, 0.3) is 0 Å². The summed E-state index contributed by atoms with van der Waals surface area (Å²) < 4.78 is 0. The minimum atomic E-state index is 0.421. The van der Waals surface area contributed by atoms with E-state index in [4.69, 9.17) is 5.73 Å². The van der Waals surface area contributed by atoms with Crippen LogP contribution in [0, 0.1) is 11.8 Å². The average Bonchev–Trinajstić information content (AvgIpc) is 2.15. The molecular weight excluding hydrogens is 166 g/mol. The molecule has 0 saturated heterocycles. The highest BCUT2D eigenvalue weighted by molar-refractivity contribution is 7.98. The van der Waals surface area contributed by atoms with Crippen molar-refractivity contribution in [3.63, 3.8) is 0 Å². The zero-order chi connectivity index (χ0) is 8.81. The predicted octanol–water partition coefficient (Wildman–Crippen LogP) is 1.72. The van der Waals surface area contributed by atoms with Gasteiger partial charge in [-0.1, -0.05) is 11.8 Å². The van der Waals surface area contributed by atoms with Crippen molar-refractivity contribution in [3.05, 3.63) is 29.8 Å². The van der Waals surface area contributed by atoms with Crippen LogP contribution in [-0.2, 0) is 0 Å². The van der Waals surface area contributed by atoms with E-state index in [9.17, 15) is 0 Å². The molecule has 0 bridgehead atoms. The van der Waals surface area contributed by atoms with Crippen molar-refractivity contribution in [2.24, 2.45) is 5.73 Å². The van der Waals surface area contributed by atoms with Gasteiger partial charge >= 0.3 is 0 Å². The molecule has 1 nitrogen and oxygen atoms in total. The van der Waals surface area contributed by atoms with Crippen molar-refractivity contribution in [2.75, 3.05) is 12.8 Å². The summed E-state index contributed by atoms with van der Waals surface area (Å²) in [5.41, 5.74) is 6.28. The first kappa shape index (κ1) is 9.18. The van der Waals surface area contributed by atoms with Crippen molar-refractivity contribution >= 4 is 11.8 Å². The standard InChI is InChI=1S/C10H11NS/c1-12-10-6-4-9(5-7-10)3-2-8-11/h4-7H,8,11H2,1H3. The maximum absolute atomic E-state index is 5.25. The van der Waals surface area contributed by atoms with Crippen LogP contribution < -0.4 is 5.73 Å². The molecule has 0 aliphatic heterocycles. The molecule has 0 radical (unpaired) electrons. The topological polar surface area (TPSA) is 26.0 Å². The van der Waals surface area contributed by atoms with Crippen molar-refractivity contribution in [1.82, 2.24) is 0 Å². The fourth-order valence-electron chi connectivity index (χ4n) is 0.827. The fourth-order valence-corrected chi connectivity index (χ4v) is 1.24. The number of rotatable bonds is 1. The van der Waals surface area contributed by atoms with Crippen LogP contribution >= 0.6 is 11.8 Å². The molecule has 12 heavy (non-hydrogen) atoms. The highest BCUT2D eigenvalue weighted by atomic mass is 32.2. The summed E-state index contributed by atoms with van der Waals surface area (Å²) in [4.78, 5) is 1.26. The third-order valence-electron chi connectivity index (χ3n) is 1.42. The number of hydrogen-bond donors (Lipinski definition) is 1. The van der Waals surface area contributed by atoms with E-state index in [1.807, 2.05) is 12.1 Å². The Labute approximate surface area is 77.4 Å². The Morgan fingerprint density at radius 3 is 2.50 bits per heavy atom. The SMILES string of the molecule is CSc1ccc(C#CCN)cc1. The van der Waals surface area contributed by atoms with Crippen LogP contribution in [0.3, 0.4) is 0 Å². The minimum absolute atomic E-state index is 0.421. The van der Waals surface area contributed by atoms with Crippen LogP contribution in [0.4, 0.5) is 0 Å². The normalized spacial score (nSPS) is 8.83. The lowest BCUT2D eigenvalue weighted by Gasteiger charge is -1.94. The molecule has 1 aromatic rings. The summed E-state index contributed by atoms with van der Waals surface area (Å²) in [5, 5.41) is 0. The second kappa shape index (κ2) is 4.87. The van der Waals surface area contributed by atoms with Gasteiger partial charge < -0.3 is 5.73 Å². The molecule has 1 rings (SSSR count). The first-order chi connectivity index (χ1) is 5.86. The number of benzene rings is 1. The van der Waals surface area contributed by atoms with Crippen molar-refractivity contribution in [1.29, 1.82) is 0 Å². The minimum Gasteiger partial charge on any atom is -0.320 e. The lowest BCUT2D eigenvalue weighted by molar-refractivity contribution is 1.30. The molecule has 0 aliphatic carbocycles.